The average molecular weight is 278 g/mol. The number of fused-ring (bicyclic) bond motifs is 2. The summed E-state index contributed by atoms with van der Waals surface area (Å²) in [6.07, 6.45) is 10.1. The maximum Gasteiger partial charge on any atom is 0.307 e. The Balaban J connectivity index is 1.81. The molecule has 20 heavy (non-hydrogen) atoms. The number of carboxylic acids is 1. The van der Waals surface area contributed by atoms with Gasteiger partial charge in [0.05, 0.1) is 12.0 Å². The van der Waals surface area contributed by atoms with Crippen LogP contribution in [0.15, 0.2) is 12.2 Å². The minimum atomic E-state index is -0.629. The molecule has 0 radical (unpaired) electrons. The number of hydrogen-bond acceptors (Lipinski definition) is 2. The highest BCUT2D eigenvalue weighted by molar-refractivity contribution is 5.72. The van der Waals surface area contributed by atoms with Gasteiger partial charge in [-0.15, -0.1) is 0 Å². The van der Waals surface area contributed by atoms with Crippen molar-refractivity contribution in [2.45, 2.75) is 58.5 Å². The molecule has 2 fully saturated rings. The van der Waals surface area contributed by atoms with E-state index in [0.717, 1.165) is 38.5 Å². The van der Waals surface area contributed by atoms with Gasteiger partial charge in [-0.05, 0) is 61.2 Å². The Hall–Kier alpha value is -0.830. The van der Waals surface area contributed by atoms with Crippen molar-refractivity contribution in [3.8, 4) is 0 Å². The number of carboxylic acid groups (broad SMARTS) is 1. The standard InChI is InChI=1S/C17H26O3/c1-16(2,12-3-5-13(18)6-4-12)17-8-7-11(9-17)14(10-17)15(19)20/h7-8,11-14,18H,3-6,9-10H2,1-2H3,(H,19,20). The number of aliphatic hydroxyl groups is 1. The van der Waals surface area contributed by atoms with Gasteiger partial charge < -0.3 is 10.2 Å². The second-order valence-electron chi connectivity index (χ2n) is 7.76. The summed E-state index contributed by atoms with van der Waals surface area (Å²) in [5.74, 6) is 0.0207. The number of aliphatic hydroxyl groups excluding tert-OH is 1. The van der Waals surface area contributed by atoms with E-state index in [-0.39, 0.29) is 28.8 Å². The molecular formula is C17H26O3. The zero-order valence-electron chi connectivity index (χ0n) is 12.5. The van der Waals surface area contributed by atoms with E-state index in [2.05, 4.69) is 26.0 Å². The predicted octanol–water partition coefficient (Wildman–Crippen LogP) is 3.23. The van der Waals surface area contributed by atoms with Crippen molar-refractivity contribution in [1.82, 2.24) is 0 Å². The Morgan fingerprint density at radius 2 is 1.85 bits per heavy atom. The van der Waals surface area contributed by atoms with Crippen LogP contribution in [0.25, 0.3) is 0 Å². The molecule has 0 aromatic heterocycles. The van der Waals surface area contributed by atoms with Gasteiger partial charge in [0, 0.05) is 0 Å². The normalized spacial score (nSPS) is 44.0. The van der Waals surface area contributed by atoms with E-state index in [1.165, 1.54) is 0 Å². The summed E-state index contributed by atoms with van der Waals surface area (Å²) in [4.78, 5) is 11.4. The molecule has 0 spiro atoms. The van der Waals surface area contributed by atoms with Crippen LogP contribution in [-0.4, -0.2) is 22.3 Å². The lowest BCUT2D eigenvalue weighted by molar-refractivity contribution is -0.143. The fourth-order valence-corrected chi connectivity index (χ4v) is 5.05. The fraction of sp³-hybridized carbons (Fsp3) is 0.824. The predicted molar refractivity (Wildman–Crippen MR) is 77.2 cm³/mol. The molecule has 0 aromatic carbocycles. The molecule has 3 nitrogen and oxygen atoms in total. The Labute approximate surface area is 121 Å². The molecule has 3 aliphatic rings. The topological polar surface area (TPSA) is 57.5 Å². The van der Waals surface area contributed by atoms with Crippen LogP contribution in [-0.2, 0) is 4.79 Å². The molecule has 3 atom stereocenters. The first kappa shape index (κ1) is 14.1. The Morgan fingerprint density at radius 1 is 1.20 bits per heavy atom. The van der Waals surface area contributed by atoms with Gasteiger partial charge in [0.1, 0.15) is 0 Å². The van der Waals surface area contributed by atoms with Crippen LogP contribution in [0.4, 0.5) is 0 Å². The summed E-state index contributed by atoms with van der Waals surface area (Å²) in [7, 11) is 0. The molecule has 0 heterocycles. The lowest BCUT2D eigenvalue weighted by Crippen LogP contribution is -2.42. The van der Waals surface area contributed by atoms with Crippen molar-refractivity contribution >= 4 is 5.97 Å². The maximum atomic E-state index is 11.4. The van der Waals surface area contributed by atoms with Gasteiger partial charge in [0.15, 0.2) is 0 Å². The summed E-state index contributed by atoms with van der Waals surface area (Å²) >= 11 is 0. The Morgan fingerprint density at radius 3 is 2.40 bits per heavy atom. The first-order chi connectivity index (χ1) is 9.36. The number of aliphatic carboxylic acids is 1. The van der Waals surface area contributed by atoms with Gasteiger partial charge in [0.25, 0.3) is 0 Å². The van der Waals surface area contributed by atoms with Gasteiger partial charge in [-0.25, -0.2) is 0 Å². The third-order valence-electron chi connectivity index (χ3n) is 6.68. The van der Waals surface area contributed by atoms with Crippen LogP contribution in [0, 0.1) is 28.6 Å². The minimum absolute atomic E-state index is 0.0632. The van der Waals surface area contributed by atoms with Crippen LogP contribution in [0.2, 0.25) is 0 Å². The zero-order chi connectivity index (χ0) is 14.5. The van der Waals surface area contributed by atoms with Gasteiger partial charge in [-0.1, -0.05) is 26.0 Å². The number of allylic oxidation sites excluding steroid dienone is 2. The molecule has 3 aliphatic carbocycles. The van der Waals surface area contributed by atoms with Gasteiger partial charge in [-0.2, -0.15) is 0 Å². The average Bonchev–Trinajstić information content (AvgIpc) is 2.99. The smallest absolute Gasteiger partial charge is 0.307 e. The first-order valence-electron chi connectivity index (χ1n) is 7.96. The van der Waals surface area contributed by atoms with Gasteiger partial charge in [-0.3, -0.25) is 4.79 Å². The van der Waals surface area contributed by atoms with E-state index >= 15 is 0 Å². The molecule has 112 valence electrons. The summed E-state index contributed by atoms with van der Waals surface area (Å²) < 4.78 is 0. The van der Waals surface area contributed by atoms with Crippen LogP contribution < -0.4 is 0 Å². The highest BCUT2D eigenvalue weighted by Crippen LogP contribution is 2.64. The number of rotatable bonds is 3. The first-order valence-corrected chi connectivity index (χ1v) is 7.96. The molecule has 3 unspecified atom stereocenters. The van der Waals surface area contributed by atoms with Crippen molar-refractivity contribution < 1.29 is 15.0 Å². The third kappa shape index (κ3) is 1.93. The molecule has 3 heteroatoms. The van der Waals surface area contributed by atoms with E-state index in [9.17, 15) is 15.0 Å². The molecular weight excluding hydrogens is 252 g/mol. The molecule has 0 amide bonds. The van der Waals surface area contributed by atoms with Crippen molar-refractivity contribution in [3.05, 3.63) is 12.2 Å². The SMILES string of the molecule is CC(C)(C1CCC(O)CC1)C12C=CC(C1)C(C(=O)O)C2. The van der Waals surface area contributed by atoms with Crippen LogP contribution >= 0.6 is 0 Å². The highest BCUT2D eigenvalue weighted by atomic mass is 16.4. The van der Waals surface area contributed by atoms with Crippen molar-refractivity contribution in [2.24, 2.45) is 28.6 Å². The molecule has 2 saturated carbocycles. The van der Waals surface area contributed by atoms with E-state index in [0.29, 0.717) is 5.92 Å². The highest BCUT2D eigenvalue weighted by Gasteiger charge is 2.58. The molecule has 0 aliphatic heterocycles. The van der Waals surface area contributed by atoms with E-state index in [4.69, 9.17) is 0 Å². The summed E-state index contributed by atoms with van der Waals surface area (Å²) in [5, 5.41) is 19.1. The second-order valence-corrected chi connectivity index (χ2v) is 7.76. The summed E-state index contributed by atoms with van der Waals surface area (Å²) in [6.45, 7) is 4.65. The van der Waals surface area contributed by atoms with Crippen LogP contribution in [0.3, 0.4) is 0 Å². The number of carbonyl (C=O) groups is 1. The van der Waals surface area contributed by atoms with E-state index < -0.39 is 5.97 Å². The monoisotopic (exact) mass is 278 g/mol. The third-order valence-corrected chi connectivity index (χ3v) is 6.68. The quantitative estimate of drug-likeness (QED) is 0.779. The molecule has 2 N–H and O–H groups in total. The fourth-order valence-electron chi connectivity index (χ4n) is 5.05. The molecule has 2 bridgehead atoms. The van der Waals surface area contributed by atoms with Crippen LogP contribution in [0.1, 0.15) is 52.4 Å². The second kappa shape index (κ2) is 4.59. The van der Waals surface area contributed by atoms with E-state index in [1.54, 1.807) is 0 Å². The van der Waals surface area contributed by atoms with Crippen molar-refractivity contribution in [2.75, 3.05) is 0 Å². The lowest BCUT2D eigenvalue weighted by Gasteiger charge is -2.49. The van der Waals surface area contributed by atoms with Gasteiger partial charge >= 0.3 is 5.97 Å². The lowest BCUT2D eigenvalue weighted by atomic mass is 9.55. The molecule has 0 aromatic rings. The zero-order valence-corrected chi connectivity index (χ0v) is 12.5. The number of hydrogen-bond donors (Lipinski definition) is 2. The minimum Gasteiger partial charge on any atom is -0.481 e. The summed E-state index contributed by atoms with van der Waals surface area (Å²) in [6, 6.07) is 0. The van der Waals surface area contributed by atoms with Crippen molar-refractivity contribution in [3.63, 3.8) is 0 Å². The Bertz CT molecular complexity index is 432. The molecule has 0 saturated heterocycles. The van der Waals surface area contributed by atoms with Gasteiger partial charge in [0.2, 0.25) is 0 Å². The Kier molecular flexibility index (Phi) is 3.24. The maximum absolute atomic E-state index is 11.4. The molecule has 3 rings (SSSR count). The van der Waals surface area contributed by atoms with Crippen LogP contribution in [0.5, 0.6) is 0 Å². The summed E-state index contributed by atoms with van der Waals surface area (Å²) in [5.41, 5.74) is 0.191. The van der Waals surface area contributed by atoms with Crippen molar-refractivity contribution in [1.29, 1.82) is 0 Å². The largest absolute Gasteiger partial charge is 0.481 e. The van der Waals surface area contributed by atoms with E-state index in [1.807, 2.05) is 0 Å².